The molecule has 2 aromatic carbocycles. The van der Waals surface area contributed by atoms with Gasteiger partial charge in [-0.15, -0.1) is 12.4 Å². The smallest absolute Gasteiger partial charge is 0.150 e. The highest BCUT2D eigenvalue weighted by atomic mass is 35.5. The number of aryl methyl sites for hydroxylation is 1. The normalized spacial score (nSPS) is 15.1. The largest absolute Gasteiger partial charge is 0.353 e. The molecule has 0 aliphatic carbocycles. The first-order valence-electron chi connectivity index (χ1n) is 9.98. The first-order valence-corrected chi connectivity index (χ1v) is 10.8. The number of unbranched alkanes of at least 4 members (excludes halogenated alkanes) is 1. The Morgan fingerprint density at radius 1 is 0.793 bits per heavy atom. The van der Waals surface area contributed by atoms with Gasteiger partial charge < -0.3 is 4.90 Å². The summed E-state index contributed by atoms with van der Waals surface area (Å²) in [7, 11) is 0. The van der Waals surface area contributed by atoms with Gasteiger partial charge in [0.05, 0.1) is 11.2 Å². The molecule has 0 radical (unpaired) electrons. The predicted molar refractivity (Wildman–Crippen MR) is 122 cm³/mol. The van der Waals surface area contributed by atoms with Crippen LogP contribution in [-0.2, 0) is 6.54 Å². The third-order valence-corrected chi connectivity index (χ3v) is 6.26. The molecule has 1 saturated heterocycles. The van der Waals surface area contributed by atoms with Crippen LogP contribution >= 0.6 is 23.9 Å². The van der Waals surface area contributed by atoms with Crippen LogP contribution in [0.25, 0.3) is 21.1 Å². The van der Waals surface area contributed by atoms with Gasteiger partial charge in [-0.1, -0.05) is 24.3 Å². The third kappa shape index (κ3) is 4.37. The highest BCUT2D eigenvalue weighted by molar-refractivity contribution is 7.13. The molecule has 6 nitrogen and oxygen atoms in total. The van der Waals surface area contributed by atoms with E-state index in [4.69, 9.17) is 4.37 Å². The molecule has 2 aromatic heterocycles. The molecule has 5 rings (SSSR count). The Morgan fingerprint density at radius 2 is 1.45 bits per heavy atom. The third-order valence-electron chi connectivity index (χ3n) is 5.44. The molecule has 0 spiro atoms. The molecule has 29 heavy (non-hydrogen) atoms. The summed E-state index contributed by atoms with van der Waals surface area (Å²) >= 11 is 1.61. The van der Waals surface area contributed by atoms with E-state index in [0.29, 0.717) is 0 Å². The second-order valence-corrected chi connectivity index (χ2v) is 8.13. The summed E-state index contributed by atoms with van der Waals surface area (Å²) in [6, 6.07) is 16.6. The maximum atomic E-state index is 4.70. The Labute approximate surface area is 180 Å². The van der Waals surface area contributed by atoms with Crippen molar-refractivity contribution in [3.8, 4) is 0 Å². The van der Waals surface area contributed by atoms with Gasteiger partial charge >= 0.3 is 0 Å². The van der Waals surface area contributed by atoms with Gasteiger partial charge in [0, 0.05) is 31.6 Å². The van der Waals surface area contributed by atoms with Crippen LogP contribution in [-0.4, -0.2) is 57.0 Å². The maximum Gasteiger partial charge on any atom is 0.150 e. The van der Waals surface area contributed by atoms with Gasteiger partial charge in [0.25, 0.3) is 0 Å². The molecule has 3 heterocycles. The monoisotopic (exact) mass is 428 g/mol. The summed E-state index contributed by atoms with van der Waals surface area (Å²) in [6.07, 6.45) is 2.29. The average Bonchev–Trinajstić information content (AvgIpc) is 3.35. The van der Waals surface area contributed by atoms with Crippen LogP contribution in [0.3, 0.4) is 0 Å². The molecular weight excluding hydrogens is 404 g/mol. The number of halogens is 1. The van der Waals surface area contributed by atoms with E-state index in [1.165, 1.54) is 16.5 Å². The minimum Gasteiger partial charge on any atom is -0.353 e. The fourth-order valence-electron chi connectivity index (χ4n) is 3.88. The van der Waals surface area contributed by atoms with E-state index in [9.17, 15) is 0 Å². The molecule has 152 valence electrons. The molecule has 0 N–H and O–H groups in total. The van der Waals surface area contributed by atoms with Crippen LogP contribution in [0.5, 0.6) is 0 Å². The standard InChI is InChI=1S/C21H24N6S.ClH/c1-4-10-20-17(7-1)21(24-28-20)26-15-13-25(14-16-26)11-5-6-12-27-22-18-8-2-3-9-19(18)23-27;/h1-4,7-10H,5-6,11-16H2;1H. The Balaban J connectivity index is 0.00000205. The zero-order valence-electron chi connectivity index (χ0n) is 16.3. The van der Waals surface area contributed by atoms with Gasteiger partial charge in [0.15, 0.2) is 0 Å². The fourth-order valence-corrected chi connectivity index (χ4v) is 4.67. The molecule has 0 atom stereocenters. The van der Waals surface area contributed by atoms with E-state index in [2.05, 4.69) is 44.3 Å². The molecule has 0 saturated carbocycles. The quantitative estimate of drug-likeness (QED) is 0.433. The van der Waals surface area contributed by atoms with Crippen molar-refractivity contribution in [2.45, 2.75) is 19.4 Å². The maximum absolute atomic E-state index is 4.70. The van der Waals surface area contributed by atoms with Crippen molar-refractivity contribution in [2.24, 2.45) is 0 Å². The van der Waals surface area contributed by atoms with Crippen molar-refractivity contribution in [1.29, 1.82) is 0 Å². The van der Waals surface area contributed by atoms with Gasteiger partial charge in [-0.05, 0) is 55.2 Å². The van der Waals surface area contributed by atoms with Crippen LogP contribution in [0, 0.1) is 0 Å². The number of piperazine rings is 1. The average molecular weight is 429 g/mol. The van der Waals surface area contributed by atoms with Crippen molar-refractivity contribution in [1.82, 2.24) is 24.3 Å². The molecular formula is C21H25ClN6S. The second-order valence-electron chi connectivity index (χ2n) is 7.32. The molecule has 0 bridgehead atoms. The van der Waals surface area contributed by atoms with Crippen LogP contribution in [0.4, 0.5) is 5.82 Å². The summed E-state index contributed by atoms with van der Waals surface area (Å²) < 4.78 is 5.98. The van der Waals surface area contributed by atoms with Crippen LogP contribution in [0.2, 0.25) is 0 Å². The van der Waals surface area contributed by atoms with Gasteiger partial charge in [-0.25, -0.2) is 0 Å². The zero-order valence-corrected chi connectivity index (χ0v) is 17.9. The first-order chi connectivity index (χ1) is 13.9. The number of anilines is 1. The van der Waals surface area contributed by atoms with Gasteiger partial charge in [-0.2, -0.15) is 19.4 Å². The minimum atomic E-state index is 0. The van der Waals surface area contributed by atoms with Crippen molar-refractivity contribution in [3.05, 3.63) is 48.5 Å². The van der Waals surface area contributed by atoms with E-state index in [0.717, 1.165) is 62.5 Å². The zero-order chi connectivity index (χ0) is 18.8. The Morgan fingerprint density at radius 3 is 2.21 bits per heavy atom. The fraction of sp³-hybridized carbons (Fsp3) is 0.381. The lowest BCUT2D eigenvalue weighted by Crippen LogP contribution is -2.46. The van der Waals surface area contributed by atoms with E-state index >= 15 is 0 Å². The lowest BCUT2D eigenvalue weighted by Gasteiger charge is -2.35. The van der Waals surface area contributed by atoms with Crippen molar-refractivity contribution >= 4 is 50.9 Å². The predicted octanol–water partition coefficient (Wildman–Crippen LogP) is 4.07. The van der Waals surface area contributed by atoms with E-state index in [1.807, 2.05) is 29.1 Å². The summed E-state index contributed by atoms with van der Waals surface area (Å²) in [4.78, 5) is 6.85. The topological polar surface area (TPSA) is 50.1 Å². The van der Waals surface area contributed by atoms with Crippen molar-refractivity contribution in [3.63, 3.8) is 0 Å². The Kier molecular flexibility index (Phi) is 6.28. The first kappa shape index (κ1) is 20.1. The van der Waals surface area contributed by atoms with Gasteiger partial charge in [-0.3, -0.25) is 4.90 Å². The minimum absolute atomic E-state index is 0. The lowest BCUT2D eigenvalue weighted by molar-refractivity contribution is 0.250. The van der Waals surface area contributed by atoms with E-state index in [-0.39, 0.29) is 12.4 Å². The van der Waals surface area contributed by atoms with Crippen LogP contribution in [0.1, 0.15) is 12.8 Å². The molecule has 1 aliphatic rings. The summed E-state index contributed by atoms with van der Waals surface area (Å²) in [5.41, 5.74) is 1.96. The SMILES string of the molecule is Cl.c1ccc2nn(CCCCN3CCN(c4nsc5ccccc45)CC3)nc2c1. The van der Waals surface area contributed by atoms with Gasteiger partial charge in [0.1, 0.15) is 16.9 Å². The van der Waals surface area contributed by atoms with Crippen LogP contribution < -0.4 is 4.90 Å². The number of nitrogens with zero attached hydrogens (tertiary/aromatic N) is 6. The molecule has 1 fully saturated rings. The Hall–Kier alpha value is -2.22. The summed E-state index contributed by atoms with van der Waals surface area (Å²) in [5.74, 6) is 1.16. The summed E-state index contributed by atoms with van der Waals surface area (Å²) in [6.45, 7) is 6.36. The molecule has 4 aromatic rings. The van der Waals surface area contributed by atoms with Crippen molar-refractivity contribution < 1.29 is 0 Å². The highest BCUT2D eigenvalue weighted by Gasteiger charge is 2.20. The summed E-state index contributed by atoms with van der Waals surface area (Å²) in [5, 5.41) is 10.4. The lowest BCUT2D eigenvalue weighted by atomic mass is 10.2. The van der Waals surface area contributed by atoms with Gasteiger partial charge in [0.2, 0.25) is 0 Å². The number of fused-ring (bicyclic) bond motifs is 2. The number of aromatic nitrogens is 4. The number of benzene rings is 2. The number of rotatable bonds is 6. The van der Waals surface area contributed by atoms with Crippen molar-refractivity contribution in [2.75, 3.05) is 37.6 Å². The molecule has 0 unspecified atom stereocenters. The molecule has 8 heteroatoms. The second kappa shape index (κ2) is 9.07. The van der Waals surface area contributed by atoms with E-state index < -0.39 is 0 Å². The van der Waals surface area contributed by atoms with Crippen LogP contribution in [0.15, 0.2) is 48.5 Å². The molecule has 1 aliphatic heterocycles. The molecule has 0 amide bonds. The number of hydrogen-bond acceptors (Lipinski definition) is 6. The van der Waals surface area contributed by atoms with E-state index in [1.54, 1.807) is 11.5 Å². The Bertz CT molecular complexity index is 1040. The number of hydrogen-bond donors (Lipinski definition) is 0. The highest BCUT2D eigenvalue weighted by Crippen LogP contribution is 2.29.